The maximum absolute atomic E-state index is 14.8. The van der Waals surface area contributed by atoms with Crippen molar-refractivity contribution < 1.29 is 27.2 Å². The van der Waals surface area contributed by atoms with Crippen molar-refractivity contribution in [2.45, 2.75) is 0 Å². The van der Waals surface area contributed by atoms with E-state index in [0.717, 1.165) is 0 Å². The van der Waals surface area contributed by atoms with Crippen LogP contribution in [0.4, 0.5) is 28.9 Å². The molecule has 154 valence electrons. The van der Waals surface area contributed by atoms with Crippen LogP contribution >= 0.6 is 23.2 Å². The number of carbonyl (C=O) groups excluding carboxylic acids is 2. The van der Waals surface area contributed by atoms with Gasteiger partial charge in [0.1, 0.15) is 11.1 Å². The van der Waals surface area contributed by atoms with Crippen LogP contribution in [0, 0.1) is 23.3 Å². The quantitative estimate of drug-likeness (QED) is 0.285. The van der Waals surface area contributed by atoms with Crippen molar-refractivity contribution in [1.82, 2.24) is 0 Å². The molecule has 3 rings (SSSR count). The number of carbonyl (C=O) groups is 2. The predicted molar refractivity (Wildman–Crippen MR) is 105 cm³/mol. The van der Waals surface area contributed by atoms with Gasteiger partial charge in [0.25, 0.3) is 11.8 Å². The zero-order chi connectivity index (χ0) is 22.0. The fourth-order valence-electron chi connectivity index (χ4n) is 2.49. The summed E-state index contributed by atoms with van der Waals surface area (Å²) in [5.74, 6) is -11.0. The molecule has 0 heterocycles. The maximum Gasteiger partial charge on any atom is 0.261 e. The third-order valence-electron chi connectivity index (χ3n) is 3.92. The first-order valence-electron chi connectivity index (χ1n) is 8.18. The van der Waals surface area contributed by atoms with E-state index in [0.29, 0.717) is 10.0 Å². The predicted octanol–water partition coefficient (Wildman–Crippen LogP) is 6.05. The summed E-state index contributed by atoms with van der Waals surface area (Å²) < 4.78 is 57.2. The molecule has 30 heavy (non-hydrogen) atoms. The van der Waals surface area contributed by atoms with E-state index in [1.807, 2.05) is 0 Å². The molecular weight excluding hydrogens is 447 g/mol. The third kappa shape index (κ3) is 4.39. The number of anilines is 2. The van der Waals surface area contributed by atoms with Crippen LogP contribution in [0.1, 0.15) is 20.7 Å². The molecule has 3 aromatic rings. The molecule has 0 bridgehead atoms. The number of amides is 2. The Balaban J connectivity index is 1.99. The lowest BCUT2D eigenvalue weighted by atomic mass is 10.1. The van der Waals surface area contributed by atoms with Crippen molar-refractivity contribution in [3.8, 4) is 0 Å². The smallest absolute Gasteiger partial charge is 0.261 e. The van der Waals surface area contributed by atoms with E-state index in [2.05, 4.69) is 10.6 Å². The Kier molecular flexibility index (Phi) is 6.28. The van der Waals surface area contributed by atoms with E-state index in [-0.39, 0.29) is 11.4 Å². The highest BCUT2D eigenvalue weighted by Crippen LogP contribution is 2.26. The Hall–Kier alpha value is -3.10. The first kappa shape index (κ1) is 21.6. The zero-order valence-corrected chi connectivity index (χ0v) is 16.2. The van der Waals surface area contributed by atoms with Crippen LogP contribution in [-0.2, 0) is 0 Å². The first-order valence-corrected chi connectivity index (χ1v) is 8.94. The van der Waals surface area contributed by atoms with Gasteiger partial charge >= 0.3 is 0 Å². The molecule has 0 aliphatic carbocycles. The van der Waals surface area contributed by atoms with Crippen molar-refractivity contribution >= 4 is 46.4 Å². The van der Waals surface area contributed by atoms with Gasteiger partial charge in [0.15, 0.2) is 23.3 Å². The van der Waals surface area contributed by atoms with Gasteiger partial charge < -0.3 is 10.6 Å². The van der Waals surface area contributed by atoms with E-state index in [4.69, 9.17) is 23.2 Å². The Bertz CT molecular complexity index is 1050. The van der Waals surface area contributed by atoms with Gasteiger partial charge in [-0.25, -0.2) is 17.6 Å². The van der Waals surface area contributed by atoms with Crippen LogP contribution in [0.15, 0.2) is 48.5 Å². The Morgan fingerprint density at radius 2 is 0.900 bits per heavy atom. The van der Waals surface area contributed by atoms with Crippen LogP contribution in [0.3, 0.4) is 0 Å². The summed E-state index contributed by atoms with van der Waals surface area (Å²) in [6.07, 6.45) is 0. The fourth-order valence-corrected chi connectivity index (χ4v) is 2.74. The van der Waals surface area contributed by atoms with Gasteiger partial charge in [-0.1, -0.05) is 23.2 Å². The Morgan fingerprint density at radius 1 is 0.567 bits per heavy atom. The van der Waals surface area contributed by atoms with Gasteiger partial charge in [-0.3, -0.25) is 9.59 Å². The summed E-state index contributed by atoms with van der Waals surface area (Å²) in [5, 5.41) is 4.91. The molecule has 3 aromatic carbocycles. The second kappa shape index (κ2) is 8.73. The lowest BCUT2D eigenvalue weighted by Gasteiger charge is -2.13. The highest BCUT2D eigenvalue weighted by Gasteiger charge is 2.32. The van der Waals surface area contributed by atoms with Gasteiger partial charge in [-0.15, -0.1) is 0 Å². The summed E-state index contributed by atoms with van der Waals surface area (Å²) in [7, 11) is 0. The maximum atomic E-state index is 14.8. The molecule has 4 nitrogen and oxygen atoms in total. The summed E-state index contributed by atoms with van der Waals surface area (Å²) in [4.78, 5) is 24.6. The summed E-state index contributed by atoms with van der Waals surface area (Å²) in [6.45, 7) is 0. The average molecular weight is 457 g/mol. The number of hydrogen-bond acceptors (Lipinski definition) is 2. The van der Waals surface area contributed by atoms with Gasteiger partial charge in [0.05, 0.1) is 0 Å². The molecule has 0 aromatic heterocycles. The van der Waals surface area contributed by atoms with E-state index in [1.165, 1.54) is 48.5 Å². The molecule has 10 heteroatoms. The van der Waals surface area contributed by atoms with Gasteiger partial charge in [-0.2, -0.15) is 0 Å². The third-order valence-corrected chi connectivity index (χ3v) is 4.43. The van der Waals surface area contributed by atoms with Gasteiger partial charge in [0, 0.05) is 21.4 Å². The fraction of sp³-hybridized carbons (Fsp3) is 0. The largest absolute Gasteiger partial charge is 0.322 e. The van der Waals surface area contributed by atoms with E-state index < -0.39 is 46.2 Å². The molecule has 0 aliphatic heterocycles. The molecule has 0 saturated heterocycles. The van der Waals surface area contributed by atoms with Crippen LogP contribution in [0.25, 0.3) is 0 Å². The lowest BCUT2D eigenvalue weighted by molar-refractivity contribution is 0.101. The minimum atomic E-state index is -2.17. The lowest BCUT2D eigenvalue weighted by Crippen LogP contribution is -2.24. The second-order valence-corrected chi connectivity index (χ2v) is 6.80. The van der Waals surface area contributed by atoms with Crippen LogP contribution < -0.4 is 10.6 Å². The van der Waals surface area contributed by atoms with Crippen LogP contribution in [-0.4, -0.2) is 11.8 Å². The summed E-state index contributed by atoms with van der Waals surface area (Å²) in [6, 6.07) is 10.8. The zero-order valence-electron chi connectivity index (χ0n) is 14.7. The first-order chi connectivity index (χ1) is 14.2. The summed E-state index contributed by atoms with van der Waals surface area (Å²) in [5.41, 5.74) is -2.74. The minimum Gasteiger partial charge on any atom is -0.322 e. The molecule has 0 radical (unpaired) electrons. The normalized spacial score (nSPS) is 10.6. The van der Waals surface area contributed by atoms with Crippen LogP contribution in [0.5, 0.6) is 0 Å². The molecule has 2 N–H and O–H groups in total. The number of rotatable bonds is 4. The van der Waals surface area contributed by atoms with Gasteiger partial charge in [0.2, 0.25) is 0 Å². The highest BCUT2D eigenvalue weighted by molar-refractivity contribution is 6.31. The number of nitrogens with one attached hydrogen (secondary N) is 2. The van der Waals surface area contributed by atoms with Crippen molar-refractivity contribution in [1.29, 1.82) is 0 Å². The number of halogens is 6. The highest BCUT2D eigenvalue weighted by atomic mass is 35.5. The average Bonchev–Trinajstić information content (AvgIpc) is 2.70. The van der Waals surface area contributed by atoms with Crippen molar-refractivity contribution in [2.75, 3.05) is 10.6 Å². The Morgan fingerprint density at radius 3 is 1.23 bits per heavy atom. The second-order valence-electron chi connectivity index (χ2n) is 5.93. The molecular formula is C20H10Cl2F4N2O2. The van der Waals surface area contributed by atoms with Crippen LogP contribution in [0.2, 0.25) is 10.0 Å². The number of hydrogen-bond donors (Lipinski definition) is 2. The standard InChI is InChI=1S/C20H10Cl2F4N2O2/c21-9-1-5-11(6-2-9)27-19(29)13-15(23)14(17(25)18(26)16(13)24)20(30)28-12-7-3-10(22)4-8-12/h1-8H,(H,27,29)(H,28,30). The molecule has 0 unspecified atom stereocenters. The van der Waals surface area contributed by atoms with Crippen molar-refractivity contribution in [3.63, 3.8) is 0 Å². The Labute approximate surface area is 177 Å². The van der Waals surface area contributed by atoms with E-state index >= 15 is 0 Å². The molecule has 0 aliphatic rings. The van der Waals surface area contributed by atoms with E-state index in [1.54, 1.807) is 0 Å². The minimum absolute atomic E-state index is 0.0834. The SMILES string of the molecule is O=C(Nc1ccc(Cl)cc1)c1c(F)c(F)c(F)c(C(=O)Nc2ccc(Cl)cc2)c1F. The monoisotopic (exact) mass is 456 g/mol. The van der Waals surface area contributed by atoms with Gasteiger partial charge in [-0.05, 0) is 48.5 Å². The van der Waals surface area contributed by atoms with Crippen molar-refractivity contribution in [3.05, 3.63) is 93.0 Å². The molecule has 0 atom stereocenters. The molecule has 0 spiro atoms. The molecule has 0 saturated carbocycles. The molecule has 2 amide bonds. The summed E-state index contributed by atoms with van der Waals surface area (Å²) >= 11 is 11.4. The van der Waals surface area contributed by atoms with Crippen molar-refractivity contribution in [2.24, 2.45) is 0 Å². The topological polar surface area (TPSA) is 58.2 Å². The number of benzene rings is 3. The molecule has 0 fully saturated rings. The van der Waals surface area contributed by atoms with E-state index in [9.17, 15) is 27.2 Å².